The number of hydrogen-bond donors (Lipinski definition) is 1. The van der Waals surface area contributed by atoms with Crippen LogP contribution in [0.25, 0.3) is 0 Å². The van der Waals surface area contributed by atoms with Crippen molar-refractivity contribution in [2.75, 3.05) is 6.54 Å². The summed E-state index contributed by atoms with van der Waals surface area (Å²) in [7, 11) is 0. The van der Waals surface area contributed by atoms with Gasteiger partial charge in [-0.1, -0.05) is 39.5 Å². The van der Waals surface area contributed by atoms with Crippen LogP contribution in [-0.4, -0.2) is 6.54 Å². The van der Waals surface area contributed by atoms with E-state index in [0.717, 1.165) is 12.5 Å². The minimum absolute atomic E-state index is 0.801. The van der Waals surface area contributed by atoms with E-state index in [1.807, 2.05) is 0 Å². The second-order valence-electron chi connectivity index (χ2n) is 3.39. The number of nitrogens with two attached hydrogens (primary N) is 1. The molecule has 0 saturated heterocycles. The number of hydrogen-bond acceptors (Lipinski definition) is 1. The summed E-state index contributed by atoms with van der Waals surface area (Å²) in [6.07, 6.45) is 8.00. The van der Waals surface area contributed by atoms with Crippen molar-refractivity contribution in [2.45, 2.75) is 52.4 Å². The molecule has 0 saturated carbocycles. The zero-order valence-electron chi connectivity index (χ0n) is 8.10. The van der Waals surface area contributed by atoms with Crippen LogP contribution in [0.3, 0.4) is 0 Å². The fourth-order valence-electron chi connectivity index (χ4n) is 1.37. The average Bonchev–Trinajstić information content (AvgIpc) is 2.05. The molecule has 11 heavy (non-hydrogen) atoms. The first-order chi connectivity index (χ1) is 5.35. The van der Waals surface area contributed by atoms with E-state index in [1.54, 1.807) is 0 Å². The molecule has 0 spiro atoms. The summed E-state index contributed by atoms with van der Waals surface area (Å²) in [5.41, 5.74) is 5.65. The Hall–Kier alpha value is -0.0400. The first-order valence-electron chi connectivity index (χ1n) is 5.05. The zero-order chi connectivity index (χ0) is 8.53. The lowest BCUT2D eigenvalue weighted by molar-refractivity contribution is 0.428. The minimum Gasteiger partial charge on any atom is -0.330 e. The van der Waals surface area contributed by atoms with E-state index in [4.69, 9.17) is 5.73 Å². The van der Waals surface area contributed by atoms with Gasteiger partial charge < -0.3 is 5.73 Å². The standard InChI is InChI=1S/C10H23N/c1-3-5-7-10(9-11)8-6-4-2/h10H,3-9,11H2,1-2H3. The van der Waals surface area contributed by atoms with Crippen molar-refractivity contribution >= 4 is 0 Å². The molecule has 0 amide bonds. The maximum absolute atomic E-state index is 5.65. The van der Waals surface area contributed by atoms with Crippen molar-refractivity contribution in [3.05, 3.63) is 0 Å². The third-order valence-corrected chi connectivity index (χ3v) is 2.27. The average molecular weight is 157 g/mol. The van der Waals surface area contributed by atoms with Gasteiger partial charge in [0.05, 0.1) is 0 Å². The summed E-state index contributed by atoms with van der Waals surface area (Å²) in [5.74, 6) is 0.801. The molecule has 0 atom stereocenters. The van der Waals surface area contributed by atoms with Crippen molar-refractivity contribution in [3.63, 3.8) is 0 Å². The zero-order valence-corrected chi connectivity index (χ0v) is 8.10. The second kappa shape index (κ2) is 8.06. The Morgan fingerprint density at radius 1 is 1.00 bits per heavy atom. The van der Waals surface area contributed by atoms with Gasteiger partial charge in [-0.3, -0.25) is 0 Å². The molecule has 0 aliphatic heterocycles. The van der Waals surface area contributed by atoms with Gasteiger partial charge in [-0.25, -0.2) is 0 Å². The largest absolute Gasteiger partial charge is 0.330 e. The van der Waals surface area contributed by atoms with E-state index in [-0.39, 0.29) is 0 Å². The van der Waals surface area contributed by atoms with Gasteiger partial charge in [0.1, 0.15) is 0 Å². The molecule has 0 rings (SSSR count). The molecule has 0 aromatic rings. The smallest absolute Gasteiger partial charge is 0.00489 e. The van der Waals surface area contributed by atoms with Gasteiger partial charge in [0.2, 0.25) is 0 Å². The summed E-state index contributed by atoms with van der Waals surface area (Å²) >= 11 is 0. The molecule has 0 fully saturated rings. The Morgan fingerprint density at radius 3 is 1.73 bits per heavy atom. The third-order valence-electron chi connectivity index (χ3n) is 2.27. The van der Waals surface area contributed by atoms with E-state index in [1.165, 1.54) is 38.5 Å². The van der Waals surface area contributed by atoms with E-state index < -0.39 is 0 Å². The van der Waals surface area contributed by atoms with E-state index in [2.05, 4.69) is 13.8 Å². The lowest BCUT2D eigenvalue weighted by Crippen LogP contribution is -2.14. The van der Waals surface area contributed by atoms with Crippen LogP contribution in [0.5, 0.6) is 0 Å². The number of rotatable bonds is 7. The summed E-state index contributed by atoms with van der Waals surface area (Å²) in [6, 6.07) is 0. The molecule has 68 valence electrons. The fourth-order valence-corrected chi connectivity index (χ4v) is 1.37. The SMILES string of the molecule is CCCCC(CN)CCCC. The Morgan fingerprint density at radius 2 is 1.45 bits per heavy atom. The molecule has 0 aromatic heterocycles. The van der Waals surface area contributed by atoms with Crippen molar-refractivity contribution < 1.29 is 0 Å². The highest BCUT2D eigenvalue weighted by Gasteiger charge is 2.03. The normalized spacial score (nSPS) is 10.9. The minimum atomic E-state index is 0.801. The third kappa shape index (κ3) is 6.36. The van der Waals surface area contributed by atoms with Crippen molar-refractivity contribution in [2.24, 2.45) is 11.7 Å². The van der Waals surface area contributed by atoms with Crippen LogP contribution in [0.1, 0.15) is 52.4 Å². The molecule has 0 radical (unpaired) electrons. The highest BCUT2D eigenvalue weighted by molar-refractivity contribution is 4.59. The van der Waals surface area contributed by atoms with Gasteiger partial charge in [0.25, 0.3) is 0 Å². The van der Waals surface area contributed by atoms with Crippen molar-refractivity contribution in [1.82, 2.24) is 0 Å². The predicted octanol–water partition coefficient (Wildman–Crippen LogP) is 2.94. The van der Waals surface area contributed by atoms with Crippen LogP contribution in [0.15, 0.2) is 0 Å². The van der Waals surface area contributed by atoms with Crippen LogP contribution in [0.2, 0.25) is 0 Å². The molecule has 2 N–H and O–H groups in total. The van der Waals surface area contributed by atoms with Crippen molar-refractivity contribution in [3.8, 4) is 0 Å². The van der Waals surface area contributed by atoms with Crippen molar-refractivity contribution in [1.29, 1.82) is 0 Å². The summed E-state index contributed by atoms with van der Waals surface area (Å²) in [4.78, 5) is 0. The highest BCUT2D eigenvalue weighted by atomic mass is 14.5. The molecule has 0 unspecified atom stereocenters. The summed E-state index contributed by atoms with van der Waals surface area (Å²) < 4.78 is 0. The van der Waals surface area contributed by atoms with E-state index >= 15 is 0 Å². The molecular weight excluding hydrogens is 134 g/mol. The Bertz CT molecular complexity index is 63.3. The maximum atomic E-state index is 5.65. The van der Waals surface area contributed by atoms with Gasteiger partial charge in [-0.05, 0) is 25.3 Å². The molecule has 0 aliphatic carbocycles. The molecule has 1 nitrogen and oxygen atoms in total. The van der Waals surface area contributed by atoms with Crippen LogP contribution in [-0.2, 0) is 0 Å². The predicted molar refractivity (Wildman–Crippen MR) is 51.6 cm³/mol. The monoisotopic (exact) mass is 157 g/mol. The second-order valence-corrected chi connectivity index (χ2v) is 3.39. The quantitative estimate of drug-likeness (QED) is 0.604. The molecule has 0 heterocycles. The van der Waals surface area contributed by atoms with Gasteiger partial charge in [0, 0.05) is 0 Å². The fraction of sp³-hybridized carbons (Fsp3) is 1.00. The van der Waals surface area contributed by atoms with Gasteiger partial charge >= 0.3 is 0 Å². The molecule has 0 aliphatic rings. The van der Waals surface area contributed by atoms with Gasteiger partial charge in [0.15, 0.2) is 0 Å². The first kappa shape index (κ1) is 11.0. The lowest BCUT2D eigenvalue weighted by atomic mass is 9.96. The van der Waals surface area contributed by atoms with Crippen LogP contribution in [0, 0.1) is 5.92 Å². The van der Waals surface area contributed by atoms with Gasteiger partial charge in [-0.2, -0.15) is 0 Å². The highest BCUT2D eigenvalue weighted by Crippen LogP contribution is 2.14. The molecule has 0 aromatic carbocycles. The van der Waals surface area contributed by atoms with Gasteiger partial charge in [-0.15, -0.1) is 0 Å². The van der Waals surface area contributed by atoms with E-state index in [9.17, 15) is 0 Å². The Kier molecular flexibility index (Phi) is 8.03. The first-order valence-corrected chi connectivity index (χ1v) is 5.05. The van der Waals surface area contributed by atoms with Crippen LogP contribution in [0.4, 0.5) is 0 Å². The number of unbranched alkanes of at least 4 members (excludes halogenated alkanes) is 2. The Labute approximate surface area is 71.4 Å². The molecular formula is C10H23N. The Balaban J connectivity index is 3.25. The maximum Gasteiger partial charge on any atom is -0.00489 e. The van der Waals surface area contributed by atoms with E-state index in [0.29, 0.717) is 0 Å². The van der Waals surface area contributed by atoms with Crippen LogP contribution >= 0.6 is 0 Å². The lowest BCUT2D eigenvalue weighted by Gasteiger charge is -2.12. The molecule has 0 bridgehead atoms. The van der Waals surface area contributed by atoms with Crippen LogP contribution < -0.4 is 5.73 Å². The summed E-state index contributed by atoms with van der Waals surface area (Å²) in [5, 5.41) is 0. The molecule has 1 heteroatoms. The topological polar surface area (TPSA) is 26.0 Å². The summed E-state index contributed by atoms with van der Waals surface area (Å²) in [6.45, 7) is 5.38.